The number of rotatable bonds is 13. The van der Waals surface area contributed by atoms with Crippen molar-refractivity contribution in [1.29, 1.82) is 0 Å². The maximum absolute atomic E-state index is 11.9. The van der Waals surface area contributed by atoms with Crippen LogP contribution in [-0.4, -0.2) is 40.5 Å². The van der Waals surface area contributed by atoms with Gasteiger partial charge in [-0.1, -0.05) is 32.8 Å². The lowest BCUT2D eigenvalue weighted by molar-refractivity contribution is -0.114. The lowest BCUT2D eigenvalue weighted by Gasteiger charge is -2.11. The SMILES string of the molecule is CCCCNCS(=O)(=O)NC(=O)C=Cc1ccc(OCCCC)c(OC)c1. The Kier molecular flexibility index (Phi) is 10.5. The van der Waals surface area contributed by atoms with Crippen molar-refractivity contribution in [2.24, 2.45) is 0 Å². The lowest BCUT2D eigenvalue weighted by Crippen LogP contribution is -2.36. The molecule has 0 heterocycles. The third kappa shape index (κ3) is 9.44. The Bertz CT molecular complexity index is 717. The number of nitrogens with one attached hydrogen (secondary N) is 2. The van der Waals surface area contributed by atoms with Gasteiger partial charge < -0.3 is 14.8 Å². The van der Waals surface area contributed by atoms with E-state index < -0.39 is 15.9 Å². The molecule has 0 saturated carbocycles. The molecule has 0 unspecified atom stereocenters. The van der Waals surface area contributed by atoms with Gasteiger partial charge >= 0.3 is 0 Å². The quantitative estimate of drug-likeness (QED) is 0.392. The number of carbonyl (C=O) groups excluding carboxylic acids is 1. The summed E-state index contributed by atoms with van der Waals surface area (Å²) in [6.45, 7) is 5.30. The van der Waals surface area contributed by atoms with Crippen LogP contribution in [0.1, 0.15) is 45.1 Å². The number of sulfonamides is 1. The van der Waals surface area contributed by atoms with E-state index in [-0.39, 0.29) is 5.88 Å². The number of hydrogen-bond donors (Lipinski definition) is 2. The minimum Gasteiger partial charge on any atom is -0.493 e. The summed E-state index contributed by atoms with van der Waals surface area (Å²) in [5.41, 5.74) is 0.698. The van der Waals surface area contributed by atoms with Crippen molar-refractivity contribution in [3.63, 3.8) is 0 Å². The molecule has 1 aromatic carbocycles. The van der Waals surface area contributed by atoms with Crippen LogP contribution in [0, 0.1) is 0 Å². The van der Waals surface area contributed by atoms with Gasteiger partial charge in [0.25, 0.3) is 5.91 Å². The van der Waals surface area contributed by atoms with Gasteiger partial charge in [-0.2, -0.15) is 0 Å². The molecule has 0 atom stereocenters. The number of hydrogen-bond acceptors (Lipinski definition) is 6. The number of benzene rings is 1. The summed E-state index contributed by atoms with van der Waals surface area (Å²) in [5.74, 6) is 0.203. The van der Waals surface area contributed by atoms with E-state index in [1.165, 1.54) is 12.2 Å². The number of methoxy groups -OCH3 is 1. The average molecular weight is 399 g/mol. The first-order chi connectivity index (χ1) is 12.9. The third-order valence-electron chi connectivity index (χ3n) is 3.63. The van der Waals surface area contributed by atoms with Crippen molar-refractivity contribution in [2.75, 3.05) is 26.1 Å². The summed E-state index contributed by atoms with van der Waals surface area (Å²) in [7, 11) is -2.16. The van der Waals surface area contributed by atoms with Crippen molar-refractivity contribution >= 4 is 22.0 Å². The van der Waals surface area contributed by atoms with Crippen LogP contribution >= 0.6 is 0 Å². The molecule has 0 saturated heterocycles. The first-order valence-corrected chi connectivity index (χ1v) is 10.8. The van der Waals surface area contributed by atoms with Crippen LogP contribution in [0.25, 0.3) is 6.08 Å². The molecule has 0 aliphatic carbocycles. The van der Waals surface area contributed by atoms with Crippen LogP contribution < -0.4 is 19.5 Å². The predicted molar refractivity (Wildman–Crippen MR) is 107 cm³/mol. The Balaban J connectivity index is 2.63. The van der Waals surface area contributed by atoms with Gasteiger partial charge in [-0.3, -0.25) is 4.79 Å². The second kappa shape index (κ2) is 12.3. The van der Waals surface area contributed by atoms with E-state index in [2.05, 4.69) is 12.2 Å². The molecule has 1 aromatic rings. The van der Waals surface area contributed by atoms with Gasteiger partial charge in [-0.05, 0) is 43.2 Å². The zero-order valence-electron chi connectivity index (χ0n) is 16.3. The highest BCUT2D eigenvalue weighted by Crippen LogP contribution is 2.28. The van der Waals surface area contributed by atoms with Gasteiger partial charge in [-0.15, -0.1) is 0 Å². The zero-order chi connectivity index (χ0) is 20.1. The Labute approximate surface area is 162 Å². The Hall–Kier alpha value is -2.06. The van der Waals surface area contributed by atoms with E-state index in [4.69, 9.17) is 9.47 Å². The maximum atomic E-state index is 11.9. The van der Waals surface area contributed by atoms with Crippen molar-refractivity contribution in [1.82, 2.24) is 10.0 Å². The van der Waals surface area contributed by atoms with Crippen molar-refractivity contribution in [2.45, 2.75) is 39.5 Å². The minimum absolute atomic E-state index is 0.288. The molecule has 0 aromatic heterocycles. The van der Waals surface area contributed by atoms with E-state index in [1.54, 1.807) is 25.3 Å². The normalized spacial score (nSPS) is 11.5. The number of amides is 1. The molecule has 152 valence electrons. The molecular formula is C19H30N2O5S. The fourth-order valence-corrected chi connectivity index (χ4v) is 3.00. The second-order valence-corrected chi connectivity index (χ2v) is 7.75. The minimum atomic E-state index is -3.70. The number of ether oxygens (including phenoxy) is 2. The monoisotopic (exact) mass is 398 g/mol. The molecule has 0 aliphatic heterocycles. The summed E-state index contributed by atoms with van der Waals surface area (Å²) in [6, 6.07) is 5.26. The Morgan fingerprint density at radius 1 is 1.15 bits per heavy atom. The van der Waals surface area contributed by atoms with E-state index in [1.807, 2.05) is 11.6 Å². The molecule has 1 rings (SSSR count). The molecule has 27 heavy (non-hydrogen) atoms. The van der Waals surface area contributed by atoms with Crippen LogP contribution in [0.15, 0.2) is 24.3 Å². The maximum Gasteiger partial charge on any atom is 0.257 e. The fourth-order valence-electron chi connectivity index (χ4n) is 2.14. The van der Waals surface area contributed by atoms with Crippen LogP contribution in [-0.2, 0) is 14.8 Å². The molecule has 2 N–H and O–H groups in total. The molecule has 0 spiro atoms. The predicted octanol–water partition coefficient (Wildman–Crippen LogP) is 2.68. The van der Waals surface area contributed by atoms with Crippen LogP contribution in [0.5, 0.6) is 11.5 Å². The molecule has 0 aliphatic rings. The van der Waals surface area contributed by atoms with Crippen LogP contribution in [0.2, 0.25) is 0 Å². The standard InChI is InChI=1S/C19H30N2O5S/c1-4-6-12-20-15-27(23,24)21-19(22)11-9-16-8-10-17(18(14-16)25-3)26-13-7-5-2/h8-11,14,20H,4-7,12-13,15H2,1-3H3,(H,21,22). The second-order valence-electron chi connectivity index (χ2n) is 6.02. The van der Waals surface area contributed by atoms with Gasteiger partial charge in [0.1, 0.15) is 5.88 Å². The largest absolute Gasteiger partial charge is 0.493 e. The molecule has 0 radical (unpaired) electrons. The molecule has 0 fully saturated rings. The third-order valence-corrected chi connectivity index (χ3v) is 4.72. The summed E-state index contributed by atoms with van der Waals surface area (Å²) in [4.78, 5) is 11.9. The van der Waals surface area contributed by atoms with Crippen molar-refractivity contribution in [3.8, 4) is 11.5 Å². The smallest absolute Gasteiger partial charge is 0.257 e. The number of carbonyl (C=O) groups is 1. The molecule has 7 nitrogen and oxygen atoms in total. The van der Waals surface area contributed by atoms with Crippen LogP contribution in [0.3, 0.4) is 0 Å². The summed E-state index contributed by atoms with van der Waals surface area (Å²) in [6.07, 6.45) is 6.53. The van der Waals surface area contributed by atoms with E-state index in [0.29, 0.717) is 30.2 Å². The first kappa shape index (κ1) is 23.0. The topological polar surface area (TPSA) is 93.7 Å². The average Bonchev–Trinajstić information content (AvgIpc) is 2.64. The number of unbranched alkanes of at least 4 members (excludes halogenated alkanes) is 2. The van der Waals surface area contributed by atoms with E-state index >= 15 is 0 Å². The van der Waals surface area contributed by atoms with E-state index in [9.17, 15) is 13.2 Å². The molecular weight excluding hydrogens is 368 g/mol. The summed E-state index contributed by atoms with van der Waals surface area (Å²) in [5, 5.41) is 2.79. The summed E-state index contributed by atoms with van der Waals surface area (Å²) < 4.78 is 36.6. The Morgan fingerprint density at radius 2 is 1.89 bits per heavy atom. The Morgan fingerprint density at radius 3 is 2.56 bits per heavy atom. The molecule has 1 amide bonds. The molecule has 8 heteroatoms. The fraction of sp³-hybridized carbons (Fsp3) is 0.526. The van der Waals surface area contributed by atoms with E-state index in [0.717, 1.165) is 25.7 Å². The van der Waals surface area contributed by atoms with Gasteiger partial charge in [0, 0.05) is 6.08 Å². The zero-order valence-corrected chi connectivity index (χ0v) is 17.1. The molecule has 0 bridgehead atoms. The highest BCUT2D eigenvalue weighted by Gasteiger charge is 2.12. The highest BCUT2D eigenvalue weighted by atomic mass is 32.2. The van der Waals surface area contributed by atoms with Crippen molar-refractivity contribution in [3.05, 3.63) is 29.8 Å². The van der Waals surface area contributed by atoms with Crippen LogP contribution in [0.4, 0.5) is 0 Å². The first-order valence-electron chi connectivity index (χ1n) is 9.16. The summed E-state index contributed by atoms with van der Waals surface area (Å²) >= 11 is 0. The van der Waals surface area contributed by atoms with Crippen molar-refractivity contribution < 1.29 is 22.7 Å². The van der Waals surface area contributed by atoms with Gasteiger partial charge in [0.2, 0.25) is 10.0 Å². The van der Waals surface area contributed by atoms with Gasteiger partial charge in [0.15, 0.2) is 11.5 Å². The van der Waals surface area contributed by atoms with Gasteiger partial charge in [-0.25, -0.2) is 13.1 Å². The van der Waals surface area contributed by atoms with Gasteiger partial charge in [0.05, 0.1) is 13.7 Å². The highest BCUT2D eigenvalue weighted by molar-refractivity contribution is 7.90. The lowest BCUT2D eigenvalue weighted by atomic mass is 10.2.